The van der Waals surface area contributed by atoms with Crippen molar-refractivity contribution >= 4 is 5.91 Å². The molecular weight excluding hydrogens is 256 g/mol. The van der Waals surface area contributed by atoms with Gasteiger partial charge in [-0.25, -0.2) is 0 Å². The molecule has 0 atom stereocenters. The Balaban J connectivity index is 2.13. The van der Waals surface area contributed by atoms with E-state index >= 15 is 0 Å². The number of amides is 1. The summed E-state index contributed by atoms with van der Waals surface area (Å²) in [6.07, 6.45) is 0. The van der Waals surface area contributed by atoms with Crippen LogP contribution in [-0.4, -0.2) is 35.7 Å². The normalized spacial score (nSPS) is 10.5. The quantitative estimate of drug-likeness (QED) is 0.778. The summed E-state index contributed by atoms with van der Waals surface area (Å²) in [6, 6.07) is 7.19. The molecule has 0 unspecified atom stereocenters. The second kappa shape index (κ2) is 6.81. The molecule has 0 fully saturated rings. The number of hydrogen-bond donors (Lipinski definition) is 2. The topological polar surface area (TPSA) is 80.0 Å². The van der Waals surface area contributed by atoms with E-state index in [1.165, 1.54) is 0 Å². The minimum Gasteiger partial charge on any atom is -0.351 e. The number of aryl methyl sites for hydroxylation is 1. The van der Waals surface area contributed by atoms with E-state index in [1.807, 2.05) is 19.1 Å². The zero-order valence-electron chi connectivity index (χ0n) is 11.6. The molecule has 6 nitrogen and oxygen atoms in total. The number of aromatic nitrogens is 2. The molecule has 2 rings (SSSR count). The van der Waals surface area contributed by atoms with Gasteiger partial charge < -0.3 is 15.2 Å². The van der Waals surface area contributed by atoms with Crippen LogP contribution in [0.25, 0.3) is 11.5 Å². The van der Waals surface area contributed by atoms with Gasteiger partial charge in [0.25, 0.3) is 11.8 Å². The minimum absolute atomic E-state index is 0.144. The van der Waals surface area contributed by atoms with Crippen molar-refractivity contribution < 1.29 is 9.32 Å². The Morgan fingerprint density at radius 3 is 2.80 bits per heavy atom. The molecule has 0 aliphatic heterocycles. The molecule has 0 saturated heterocycles. The Morgan fingerprint density at radius 1 is 1.30 bits per heavy atom. The molecule has 20 heavy (non-hydrogen) atoms. The zero-order valence-corrected chi connectivity index (χ0v) is 11.6. The van der Waals surface area contributed by atoms with Gasteiger partial charge in [-0.15, -0.1) is 0 Å². The van der Waals surface area contributed by atoms with Crippen LogP contribution in [0, 0.1) is 6.92 Å². The molecule has 0 saturated carbocycles. The number of nitrogens with zero attached hydrogens (tertiary/aromatic N) is 2. The number of carbonyl (C=O) groups is 1. The molecule has 6 heteroatoms. The Labute approximate surface area is 117 Å². The highest BCUT2D eigenvalue weighted by atomic mass is 16.5. The van der Waals surface area contributed by atoms with Gasteiger partial charge in [-0.1, -0.05) is 24.2 Å². The first-order chi connectivity index (χ1) is 9.72. The van der Waals surface area contributed by atoms with E-state index in [4.69, 9.17) is 4.52 Å². The molecule has 2 N–H and O–H groups in total. The van der Waals surface area contributed by atoms with Crippen LogP contribution in [0.3, 0.4) is 0 Å². The van der Waals surface area contributed by atoms with E-state index in [0.717, 1.165) is 13.1 Å². The molecule has 0 aliphatic carbocycles. The van der Waals surface area contributed by atoms with E-state index in [0.29, 0.717) is 29.4 Å². The van der Waals surface area contributed by atoms with Gasteiger partial charge in [0.2, 0.25) is 0 Å². The summed E-state index contributed by atoms with van der Waals surface area (Å²) in [7, 11) is 0. The van der Waals surface area contributed by atoms with Crippen molar-refractivity contribution in [2.45, 2.75) is 13.8 Å². The number of carbonyl (C=O) groups excluding carboxylic acids is 1. The van der Waals surface area contributed by atoms with Gasteiger partial charge in [0.15, 0.2) is 5.82 Å². The summed E-state index contributed by atoms with van der Waals surface area (Å²) in [5.74, 6) is 0.761. The van der Waals surface area contributed by atoms with Crippen LogP contribution in [0.1, 0.15) is 23.1 Å². The van der Waals surface area contributed by atoms with E-state index in [2.05, 4.69) is 20.8 Å². The predicted molar refractivity (Wildman–Crippen MR) is 75.3 cm³/mol. The van der Waals surface area contributed by atoms with Gasteiger partial charge in [0, 0.05) is 13.1 Å². The predicted octanol–water partition coefficient (Wildman–Crippen LogP) is 1.38. The third kappa shape index (κ3) is 3.42. The smallest absolute Gasteiger partial charge is 0.258 e. The first-order valence-corrected chi connectivity index (χ1v) is 6.61. The van der Waals surface area contributed by atoms with Crippen LogP contribution in [0.5, 0.6) is 0 Å². The summed E-state index contributed by atoms with van der Waals surface area (Å²) >= 11 is 0. The second-order valence-electron chi connectivity index (χ2n) is 4.30. The summed E-state index contributed by atoms with van der Waals surface area (Å²) < 4.78 is 5.13. The average Bonchev–Trinajstić information content (AvgIpc) is 2.90. The lowest BCUT2D eigenvalue weighted by molar-refractivity contribution is 0.0954. The maximum Gasteiger partial charge on any atom is 0.258 e. The molecule has 2 aromatic rings. The number of nitrogens with one attached hydrogen (secondary N) is 2. The largest absolute Gasteiger partial charge is 0.351 e. The lowest BCUT2D eigenvalue weighted by Crippen LogP contribution is -2.32. The van der Waals surface area contributed by atoms with Crippen LogP contribution in [0.4, 0.5) is 0 Å². The fourth-order valence-electron chi connectivity index (χ4n) is 1.81. The van der Waals surface area contributed by atoms with Crippen LogP contribution in [0.2, 0.25) is 0 Å². The molecular formula is C14H18N4O2. The Bertz CT molecular complexity index is 580. The molecule has 1 amide bonds. The van der Waals surface area contributed by atoms with E-state index in [-0.39, 0.29) is 5.91 Å². The summed E-state index contributed by atoms with van der Waals surface area (Å²) in [6.45, 7) is 5.96. The third-order valence-corrected chi connectivity index (χ3v) is 2.77. The van der Waals surface area contributed by atoms with Gasteiger partial charge >= 0.3 is 0 Å². The van der Waals surface area contributed by atoms with Crippen molar-refractivity contribution in [1.82, 2.24) is 20.8 Å². The monoisotopic (exact) mass is 274 g/mol. The van der Waals surface area contributed by atoms with Crippen molar-refractivity contribution in [2.75, 3.05) is 19.6 Å². The number of rotatable bonds is 6. The van der Waals surface area contributed by atoms with Crippen LogP contribution in [-0.2, 0) is 0 Å². The highest BCUT2D eigenvalue weighted by Crippen LogP contribution is 2.21. The number of likely N-dealkylation sites (N-methyl/N-ethyl adjacent to an activating group) is 1. The van der Waals surface area contributed by atoms with Gasteiger partial charge in [-0.2, -0.15) is 4.98 Å². The van der Waals surface area contributed by atoms with Gasteiger partial charge in [0.05, 0.1) is 11.1 Å². The van der Waals surface area contributed by atoms with Crippen molar-refractivity contribution in [1.29, 1.82) is 0 Å². The van der Waals surface area contributed by atoms with Crippen LogP contribution < -0.4 is 10.6 Å². The molecule has 0 bridgehead atoms. The van der Waals surface area contributed by atoms with E-state index < -0.39 is 0 Å². The SMILES string of the molecule is CCNCCNC(=O)c1ccccc1-c1nc(C)no1. The standard InChI is InChI=1S/C14H18N4O2/c1-3-15-8-9-16-13(19)11-6-4-5-7-12(11)14-17-10(2)18-20-14/h4-7,15H,3,8-9H2,1-2H3,(H,16,19). The maximum atomic E-state index is 12.2. The molecule has 1 aromatic heterocycles. The Kier molecular flexibility index (Phi) is 4.84. The zero-order chi connectivity index (χ0) is 14.4. The lowest BCUT2D eigenvalue weighted by Gasteiger charge is -2.08. The minimum atomic E-state index is -0.144. The molecule has 1 heterocycles. The van der Waals surface area contributed by atoms with Crippen LogP contribution in [0.15, 0.2) is 28.8 Å². The van der Waals surface area contributed by atoms with Crippen molar-refractivity contribution in [3.63, 3.8) is 0 Å². The van der Waals surface area contributed by atoms with Gasteiger partial charge in [-0.05, 0) is 25.6 Å². The molecule has 0 aliphatic rings. The van der Waals surface area contributed by atoms with Gasteiger partial charge in [-0.3, -0.25) is 4.79 Å². The second-order valence-corrected chi connectivity index (χ2v) is 4.30. The highest BCUT2D eigenvalue weighted by molar-refractivity contribution is 5.99. The highest BCUT2D eigenvalue weighted by Gasteiger charge is 2.16. The first-order valence-electron chi connectivity index (χ1n) is 6.61. The molecule has 106 valence electrons. The Morgan fingerprint density at radius 2 is 2.10 bits per heavy atom. The fraction of sp³-hybridized carbons (Fsp3) is 0.357. The van der Waals surface area contributed by atoms with E-state index in [1.54, 1.807) is 19.1 Å². The van der Waals surface area contributed by atoms with Crippen LogP contribution >= 0.6 is 0 Å². The first kappa shape index (κ1) is 14.2. The Hall–Kier alpha value is -2.21. The fourth-order valence-corrected chi connectivity index (χ4v) is 1.81. The third-order valence-electron chi connectivity index (χ3n) is 2.77. The molecule has 0 spiro atoms. The number of benzene rings is 1. The summed E-state index contributed by atoms with van der Waals surface area (Å²) in [5.41, 5.74) is 1.18. The maximum absolute atomic E-state index is 12.2. The van der Waals surface area contributed by atoms with Crippen molar-refractivity contribution in [3.05, 3.63) is 35.7 Å². The van der Waals surface area contributed by atoms with Crippen molar-refractivity contribution in [2.24, 2.45) is 0 Å². The van der Waals surface area contributed by atoms with E-state index in [9.17, 15) is 4.79 Å². The lowest BCUT2D eigenvalue weighted by atomic mass is 10.1. The van der Waals surface area contributed by atoms with Crippen molar-refractivity contribution in [3.8, 4) is 11.5 Å². The summed E-state index contributed by atoms with van der Waals surface area (Å²) in [5, 5.41) is 9.76. The number of hydrogen-bond acceptors (Lipinski definition) is 5. The van der Waals surface area contributed by atoms with Gasteiger partial charge in [0.1, 0.15) is 0 Å². The average molecular weight is 274 g/mol. The molecule has 1 aromatic carbocycles. The molecule has 0 radical (unpaired) electrons. The summed E-state index contributed by atoms with van der Waals surface area (Å²) in [4.78, 5) is 16.3.